The Bertz CT molecular complexity index is 407. The fraction of sp³-hybridized carbons (Fsp3) is 0.500. The maximum atomic E-state index is 11.2. The molecule has 6 nitrogen and oxygen atoms in total. The molecule has 1 rings (SSSR count). The van der Waals surface area contributed by atoms with Gasteiger partial charge in [-0.2, -0.15) is 0 Å². The molecule has 0 atom stereocenters. The highest BCUT2D eigenvalue weighted by Crippen LogP contribution is 1.94. The van der Waals surface area contributed by atoms with Gasteiger partial charge in [-0.15, -0.1) is 0 Å². The van der Waals surface area contributed by atoms with Crippen LogP contribution in [0.5, 0.6) is 0 Å². The van der Waals surface area contributed by atoms with Crippen molar-refractivity contribution in [3.8, 4) is 0 Å². The number of aromatic amines is 1. The Morgan fingerprint density at radius 1 is 1.57 bits per heavy atom. The number of nitrogen functional groups attached to an aromatic ring is 1. The Labute approximate surface area is 80.3 Å². The number of hydrogen-bond acceptors (Lipinski definition) is 4. The third-order valence-electron chi connectivity index (χ3n) is 1.80. The van der Waals surface area contributed by atoms with Gasteiger partial charge in [-0.1, -0.05) is 0 Å². The number of H-pyrrole nitrogens is 1. The molecule has 0 fully saturated rings. The summed E-state index contributed by atoms with van der Waals surface area (Å²) in [6.45, 7) is 0.986. The smallest absolute Gasteiger partial charge is 0.329 e. The first-order valence-electron chi connectivity index (χ1n) is 4.23. The number of anilines is 1. The second-order valence-electron chi connectivity index (χ2n) is 2.86. The Balaban J connectivity index is 2.86. The van der Waals surface area contributed by atoms with Gasteiger partial charge in [0.2, 0.25) is 0 Å². The monoisotopic (exact) mass is 199 g/mol. The van der Waals surface area contributed by atoms with Crippen molar-refractivity contribution in [2.24, 2.45) is 0 Å². The van der Waals surface area contributed by atoms with Gasteiger partial charge in [0, 0.05) is 26.3 Å². The zero-order valence-corrected chi connectivity index (χ0v) is 7.95. The number of aromatic nitrogens is 2. The van der Waals surface area contributed by atoms with Crippen molar-refractivity contribution in [2.75, 3.05) is 19.5 Å². The summed E-state index contributed by atoms with van der Waals surface area (Å²) in [5, 5.41) is 0. The number of nitrogens with two attached hydrogens (primary N) is 1. The topological polar surface area (TPSA) is 90.1 Å². The molecule has 0 bridgehead atoms. The van der Waals surface area contributed by atoms with Gasteiger partial charge in [0.1, 0.15) is 5.82 Å². The van der Waals surface area contributed by atoms with Crippen LogP contribution in [0.2, 0.25) is 0 Å². The predicted octanol–water partition coefficient (Wildman–Crippen LogP) is -0.845. The first-order valence-corrected chi connectivity index (χ1v) is 4.23. The zero-order chi connectivity index (χ0) is 10.6. The van der Waals surface area contributed by atoms with Crippen molar-refractivity contribution in [3.05, 3.63) is 26.9 Å². The summed E-state index contributed by atoms with van der Waals surface area (Å²) >= 11 is 0. The minimum absolute atomic E-state index is 0.176. The second-order valence-corrected chi connectivity index (χ2v) is 2.86. The van der Waals surface area contributed by atoms with Crippen LogP contribution in [-0.4, -0.2) is 23.3 Å². The molecule has 1 aromatic heterocycles. The van der Waals surface area contributed by atoms with Crippen molar-refractivity contribution in [2.45, 2.75) is 13.0 Å². The van der Waals surface area contributed by atoms with Gasteiger partial charge >= 0.3 is 5.69 Å². The van der Waals surface area contributed by atoms with E-state index >= 15 is 0 Å². The summed E-state index contributed by atoms with van der Waals surface area (Å²) in [5.74, 6) is 0.176. The third-order valence-corrected chi connectivity index (χ3v) is 1.80. The van der Waals surface area contributed by atoms with E-state index in [9.17, 15) is 9.59 Å². The van der Waals surface area contributed by atoms with Crippen molar-refractivity contribution in [3.63, 3.8) is 0 Å². The molecule has 3 N–H and O–H groups in total. The van der Waals surface area contributed by atoms with Crippen LogP contribution >= 0.6 is 0 Å². The number of hydrogen-bond donors (Lipinski definition) is 2. The number of nitrogens with one attached hydrogen (secondary N) is 1. The highest BCUT2D eigenvalue weighted by Gasteiger charge is 2.01. The second kappa shape index (κ2) is 4.61. The van der Waals surface area contributed by atoms with E-state index in [0.29, 0.717) is 19.6 Å². The average Bonchev–Trinajstić information content (AvgIpc) is 2.09. The quantitative estimate of drug-likeness (QED) is 0.618. The normalized spacial score (nSPS) is 10.4. The summed E-state index contributed by atoms with van der Waals surface area (Å²) in [6, 6.07) is 1.19. The molecule has 1 aromatic rings. The van der Waals surface area contributed by atoms with Crippen LogP contribution in [0.25, 0.3) is 0 Å². The molecular formula is C8H13N3O3. The minimum Gasteiger partial charge on any atom is -0.385 e. The molecular weight excluding hydrogens is 186 g/mol. The molecule has 0 aromatic carbocycles. The molecule has 0 spiro atoms. The van der Waals surface area contributed by atoms with Crippen molar-refractivity contribution >= 4 is 5.82 Å². The lowest BCUT2D eigenvalue weighted by atomic mass is 10.4. The molecule has 0 radical (unpaired) electrons. The van der Waals surface area contributed by atoms with E-state index in [1.165, 1.54) is 10.6 Å². The van der Waals surface area contributed by atoms with Gasteiger partial charge in [-0.25, -0.2) is 4.79 Å². The van der Waals surface area contributed by atoms with Gasteiger partial charge in [0.25, 0.3) is 5.56 Å². The van der Waals surface area contributed by atoms with Crippen LogP contribution < -0.4 is 17.0 Å². The fourth-order valence-corrected chi connectivity index (χ4v) is 1.14. The largest absolute Gasteiger partial charge is 0.385 e. The number of methoxy groups -OCH3 is 1. The molecule has 78 valence electrons. The lowest BCUT2D eigenvalue weighted by Gasteiger charge is -2.07. The molecule has 0 aliphatic heterocycles. The zero-order valence-electron chi connectivity index (χ0n) is 7.95. The van der Waals surface area contributed by atoms with E-state index in [1.54, 1.807) is 7.11 Å². The van der Waals surface area contributed by atoms with E-state index in [0.717, 1.165) is 0 Å². The Hall–Kier alpha value is -1.56. The Kier molecular flexibility index (Phi) is 3.47. The maximum Gasteiger partial charge on any atom is 0.329 e. The molecule has 1 heterocycles. The lowest BCUT2D eigenvalue weighted by molar-refractivity contribution is 0.190. The average molecular weight is 199 g/mol. The Morgan fingerprint density at radius 2 is 2.29 bits per heavy atom. The van der Waals surface area contributed by atoms with Gasteiger partial charge in [-0.05, 0) is 6.42 Å². The molecule has 0 saturated heterocycles. The summed E-state index contributed by atoms with van der Waals surface area (Å²) < 4.78 is 6.14. The molecule has 0 aliphatic carbocycles. The van der Waals surface area contributed by atoms with Gasteiger partial charge in [0.15, 0.2) is 0 Å². The third kappa shape index (κ3) is 2.46. The molecule has 14 heavy (non-hydrogen) atoms. The minimum atomic E-state index is -0.480. The van der Waals surface area contributed by atoms with E-state index in [-0.39, 0.29) is 5.82 Å². The molecule has 6 heteroatoms. The van der Waals surface area contributed by atoms with Crippen LogP contribution in [-0.2, 0) is 11.3 Å². The van der Waals surface area contributed by atoms with E-state index in [4.69, 9.17) is 10.5 Å². The SMILES string of the molecule is COCCCn1c(N)cc(=O)[nH]c1=O. The van der Waals surface area contributed by atoms with Gasteiger partial charge < -0.3 is 10.5 Å². The van der Waals surface area contributed by atoms with E-state index in [1.807, 2.05) is 0 Å². The first-order chi connectivity index (χ1) is 6.65. The summed E-state index contributed by atoms with van der Waals surface area (Å²) in [7, 11) is 1.58. The highest BCUT2D eigenvalue weighted by atomic mass is 16.5. The van der Waals surface area contributed by atoms with Crippen molar-refractivity contribution in [1.82, 2.24) is 9.55 Å². The number of ether oxygens (including phenoxy) is 1. The molecule has 0 aliphatic rings. The molecule has 0 unspecified atom stereocenters. The summed E-state index contributed by atoms with van der Waals surface area (Å²) in [5.41, 5.74) is 4.55. The van der Waals surface area contributed by atoms with Gasteiger partial charge in [-0.3, -0.25) is 14.3 Å². The highest BCUT2D eigenvalue weighted by molar-refractivity contribution is 5.25. The van der Waals surface area contributed by atoms with Crippen molar-refractivity contribution in [1.29, 1.82) is 0 Å². The number of nitrogens with zero attached hydrogens (tertiary/aromatic N) is 1. The van der Waals surface area contributed by atoms with E-state index in [2.05, 4.69) is 4.98 Å². The van der Waals surface area contributed by atoms with Gasteiger partial charge in [0.05, 0.1) is 0 Å². The van der Waals surface area contributed by atoms with E-state index < -0.39 is 11.2 Å². The number of rotatable bonds is 4. The molecule has 0 saturated carbocycles. The summed E-state index contributed by atoms with van der Waals surface area (Å²) in [6.07, 6.45) is 0.673. The van der Waals surface area contributed by atoms with Crippen LogP contribution in [0.4, 0.5) is 5.82 Å². The Morgan fingerprint density at radius 3 is 2.86 bits per heavy atom. The van der Waals surface area contributed by atoms with Crippen LogP contribution in [0.3, 0.4) is 0 Å². The van der Waals surface area contributed by atoms with Crippen LogP contribution in [0, 0.1) is 0 Å². The summed E-state index contributed by atoms with van der Waals surface area (Å²) in [4.78, 5) is 24.2. The standard InChI is InChI=1S/C8H13N3O3/c1-14-4-2-3-11-6(9)5-7(12)10-8(11)13/h5H,2-4,9H2,1H3,(H,10,12,13). The predicted molar refractivity (Wildman–Crippen MR) is 52.2 cm³/mol. The molecule has 0 amide bonds. The van der Waals surface area contributed by atoms with Crippen LogP contribution in [0.1, 0.15) is 6.42 Å². The first kappa shape index (κ1) is 10.5. The van der Waals surface area contributed by atoms with Crippen molar-refractivity contribution < 1.29 is 4.74 Å². The maximum absolute atomic E-state index is 11.2. The lowest BCUT2D eigenvalue weighted by Crippen LogP contribution is -2.31. The van der Waals surface area contributed by atoms with Crippen LogP contribution in [0.15, 0.2) is 15.7 Å². The fourth-order valence-electron chi connectivity index (χ4n) is 1.14.